The van der Waals surface area contributed by atoms with E-state index in [-0.39, 0.29) is 6.04 Å². The summed E-state index contributed by atoms with van der Waals surface area (Å²) in [6.07, 6.45) is 5.63. The van der Waals surface area contributed by atoms with Gasteiger partial charge in [-0.2, -0.15) is 0 Å². The predicted molar refractivity (Wildman–Crippen MR) is 78.0 cm³/mol. The van der Waals surface area contributed by atoms with Crippen LogP contribution in [-0.2, 0) is 12.8 Å². The molecule has 1 unspecified atom stereocenters. The fourth-order valence-electron chi connectivity index (χ4n) is 2.11. The van der Waals surface area contributed by atoms with E-state index in [9.17, 15) is 0 Å². The normalized spacial score (nSPS) is 12.7. The number of rotatable bonds is 4. The number of hydrogen-bond acceptors (Lipinski definition) is 2. The third-order valence-corrected chi connectivity index (χ3v) is 3.37. The van der Waals surface area contributed by atoms with Crippen molar-refractivity contribution in [2.24, 2.45) is 5.73 Å². The maximum atomic E-state index is 5.93. The van der Waals surface area contributed by atoms with E-state index in [4.69, 9.17) is 5.73 Å². The van der Waals surface area contributed by atoms with Gasteiger partial charge in [-0.15, -0.1) is 0 Å². The van der Waals surface area contributed by atoms with Crippen LogP contribution < -0.4 is 5.73 Å². The van der Waals surface area contributed by atoms with Gasteiger partial charge in [0, 0.05) is 29.3 Å². The molecular formula is C14H18BrN3. The van der Waals surface area contributed by atoms with Crippen LogP contribution >= 0.6 is 15.9 Å². The Morgan fingerprint density at radius 1 is 1.44 bits per heavy atom. The van der Waals surface area contributed by atoms with E-state index >= 15 is 0 Å². The third kappa shape index (κ3) is 2.82. The SMILES string of the molecule is CCc1nccn1-c1ccc(Br)cc1CC(C)N. The molecule has 96 valence electrons. The zero-order valence-corrected chi connectivity index (χ0v) is 12.3. The number of nitrogens with zero attached hydrogens (tertiary/aromatic N) is 2. The lowest BCUT2D eigenvalue weighted by Crippen LogP contribution is -2.19. The lowest BCUT2D eigenvalue weighted by molar-refractivity contribution is 0.730. The van der Waals surface area contributed by atoms with Gasteiger partial charge in [-0.05, 0) is 37.1 Å². The molecule has 18 heavy (non-hydrogen) atoms. The van der Waals surface area contributed by atoms with Gasteiger partial charge in [0.25, 0.3) is 0 Å². The summed E-state index contributed by atoms with van der Waals surface area (Å²) in [6, 6.07) is 6.45. The summed E-state index contributed by atoms with van der Waals surface area (Å²) >= 11 is 3.52. The zero-order valence-electron chi connectivity index (χ0n) is 10.7. The number of benzene rings is 1. The van der Waals surface area contributed by atoms with E-state index in [1.807, 2.05) is 19.3 Å². The van der Waals surface area contributed by atoms with Crippen LogP contribution in [0.2, 0.25) is 0 Å². The summed E-state index contributed by atoms with van der Waals surface area (Å²) in [5.41, 5.74) is 8.34. The molecule has 0 saturated heterocycles. The fourth-order valence-corrected chi connectivity index (χ4v) is 2.52. The number of aryl methyl sites for hydroxylation is 1. The molecule has 0 aliphatic carbocycles. The van der Waals surface area contributed by atoms with Crippen LogP contribution in [0.25, 0.3) is 5.69 Å². The number of nitrogens with two attached hydrogens (primary N) is 1. The highest BCUT2D eigenvalue weighted by molar-refractivity contribution is 9.10. The molecule has 0 saturated carbocycles. The van der Waals surface area contributed by atoms with Crippen LogP contribution in [0.4, 0.5) is 0 Å². The molecule has 2 rings (SSSR count). The first-order chi connectivity index (χ1) is 8.61. The molecule has 0 radical (unpaired) electrons. The van der Waals surface area contributed by atoms with Gasteiger partial charge in [0.2, 0.25) is 0 Å². The van der Waals surface area contributed by atoms with Gasteiger partial charge in [-0.3, -0.25) is 0 Å². The average molecular weight is 308 g/mol. The minimum absolute atomic E-state index is 0.145. The molecule has 2 N–H and O–H groups in total. The lowest BCUT2D eigenvalue weighted by atomic mass is 10.1. The van der Waals surface area contributed by atoms with E-state index in [0.717, 1.165) is 23.1 Å². The summed E-state index contributed by atoms with van der Waals surface area (Å²) in [4.78, 5) is 4.37. The summed E-state index contributed by atoms with van der Waals surface area (Å²) in [7, 11) is 0. The molecule has 1 aromatic heterocycles. The van der Waals surface area contributed by atoms with Gasteiger partial charge in [-0.1, -0.05) is 22.9 Å². The Bertz CT molecular complexity index is 532. The van der Waals surface area contributed by atoms with Gasteiger partial charge in [0.15, 0.2) is 0 Å². The van der Waals surface area contributed by atoms with E-state index in [0.29, 0.717) is 0 Å². The predicted octanol–water partition coefficient (Wildman–Crippen LogP) is 3.09. The molecule has 0 spiro atoms. The average Bonchev–Trinajstić information content (AvgIpc) is 2.76. The van der Waals surface area contributed by atoms with Crippen molar-refractivity contribution in [3.05, 3.63) is 46.5 Å². The Morgan fingerprint density at radius 2 is 2.22 bits per heavy atom. The zero-order chi connectivity index (χ0) is 13.1. The molecule has 0 aliphatic rings. The molecule has 2 aromatic rings. The van der Waals surface area contributed by atoms with Crippen molar-refractivity contribution in [2.45, 2.75) is 32.7 Å². The molecule has 0 aliphatic heterocycles. The lowest BCUT2D eigenvalue weighted by Gasteiger charge is -2.14. The second-order valence-corrected chi connectivity index (χ2v) is 5.44. The minimum atomic E-state index is 0.145. The van der Waals surface area contributed by atoms with E-state index < -0.39 is 0 Å². The highest BCUT2D eigenvalue weighted by atomic mass is 79.9. The van der Waals surface area contributed by atoms with Gasteiger partial charge in [-0.25, -0.2) is 4.98 Å². The fraction of sp³-hybridized carbons (Fsp3) is 0.357. The van der Waals surface area contributed by atoms with Crippen molar-refractivity contribution in [1.82, 2.24) is 9.55 Å². The molecule has 1 heterocycles. The van der Waals surface area contributed by atoms with Crippen molar-refractivity contribution < 1.29 is 0 Å². The highest BCUT2D eigenvalue weighted by Crippen LogP contribution is 2.22. The summed E-state index contributed by atoms with van der Waals surface area (Å²) in [6.45, 7) is 4.14. The van der Waals surface area contributed by atoms with Crippen molar-refractivity contribution >= 4 is 15.9 Å². The Morgan fingerprint density at radius 3 is 2.89 bits per heavy atom. The van der Waals surface area contributed by atoms with Crippen molar-refractivity contribution in [1.29, 1.82) is 0 Å². The maximum absolute atomic E-state index is 5.93. The molecule has 4 heteroatoms. The first-order valence-corrected chi connectivity index (χ1v) is 6.97. The number of imidazole rings is 1. The second-order valence-electron chi connectivity index (χ2n) is 4.52. The Balaban J connectivity index is 2.49. The summed E-state index contributed by atoms with van der Waals surface area (Å²) in [5.74, 6) is 1.07. The number of aromatic nitrogens is 2. The largest absolute Gasteiger partial charge is 0.328 e. The van der Waals surface area contributed by atoms with Gasteiger partial charge in [0.1, 0.15) is 5.82 Å². The van der Waals surface area contributed by atoms with Crippen molar-refractivity contribution in [3.63, 3.8) is 0 Å². The Labute approximate surface area is 116 Å². The van der Waals surface area contributed by atoms with E-state index in [2.05, 4.69) is 50.6 Å². The Hall–Kier alpha value is -1.13. The first-order valence-electron chi connectivity index (χ1n) is 6.18. The van der Waals surface area contributed by atoms with Crippen molar-refractivity contribution in [2.75, 3.05) is 0 Å². The maximum Gasteiger partial charge on any atom is 0.112 e. The van der Waals surface area contributed by atoms with E-state index in [1.54, 1.807) is 0 Å². The quantitative estimate of drug-likeness (QED) is 0.943. The number of halogens is 1. The number of hydrogen-bond donors (Lipinski definition) is 1. The molecule has 0 fully saturated rings. The topological polar surface area (TPSA) is 43.8 Å². The summed E-state index contributed by atoms with van der Waals surface area (Å²) in [5, 5.41) is 0. The minimum Gasteiger partial charge on any atom is -0.328 e. The molecule has 1 atom stereocenters. The van der Waals surface area contributed by atoms with Gasteiger partial charge >= 0.3 is 0 Å². The smallest absolute Gasteiger partial charge is 0.112 e. The van der Waals surface area contributed by atoms with Crippen LogP contribution in [0.3, 0.4) is 0 Å². The standard InChI is InChI=1S/C14H18BrN3/c1-3-14-17-6-7-18(14)13-5-4-12(15)9-11(13)8-10(2)16/h4-7,9-10H,3,8,16H2,1-2H3. The van der Waals surface area contributed by atoms with Crippen LogP contribution in [0.1, 0.15) is 25.2 Å². The van der Waals surface area contributed by atoms with Gasteiger partial charge in [0.05, 0.1) is 5.69 Å². The molecule has 0 amide bonds. The first kappa shape index (κ1) is 13.3. The van der Waals surface area contributed by atoms with Crippen molar-refractivity contribution in [3.8, 4) is 5.69 Å². The third-order valence-electron chi connectivity index (χ3n) is 2.88. The Kier molecular flexibility index (Phi) is 4.19. The van der Waals surface area contributed by atoms with Crippen LogP contribution in [-0.4, -0.2) is 15.6 Å². The molecule has 3 nitrogen and oxygen atoms in total. The van der Waals surface area contributed by atoms with Crippen LogP contribution in [0.15, 0.2) is 35.1 Å². The molecule has 1 aromatic carbocycles. The van der Waals surface area contributed by atoms with Crippen LogP contribution in [0, 0.1) is 0 Å². The highest BCUT2D eigenvalue weighted by Gasteiger charge is 2.10. The molecular weight excluding hydrogens is 290 g/mol. The summed E-state index contributed by atoms with van der Waals surface area (Å²) < 4.78 is 3.23. The second kappa shape index (κ2) is 5.67. The monoisotopic (exact) mass is 307 g/mol. The van der Waals surface area contributed by atoms with Crippen LogP contribution in [0.5, 0.6) is 0 Å². The molecule has 0 bridgehead atoms. The van der Waals surface area contributed by atoms with Gasteiger partial charge < -0.3 is 10.3 Å². The van der Waals surface area contributed by atoms with E-state index in [1.165, 1.54) is 11.3 Å².